The molecule has 0 saturated carbocycles. The molecule has 1 saturated heterocycles. The predicted octanol–water partition coefficient (Wildman–Crippen LogP) is 0.0856. The summed E-state index contributed by atoms with van der Waals surface area (Å²) in [5, 5.41) is 11.9. The number of aliphatic carboxylic acids is 1. The number of nitrogens with one attached hydrogen (secondary N) is 1. The van der Waals surface area contributed by atoms with Crippen molar-refractivity contribution in [2.24, 2.45) is 5.92 Å². The monoisotopic (exact) mass is 173 g/mol. The van der Waals surface area contributed by atoms with Crippen molar-refractivity contribution in [1.29, 1.82) is 0 Å². The van der Waals surface area contributed by atoms with E-state index in [4.69, 9.17) is 9.84 Å². The molecule has 0 spiro atoms. The zero-order valence-electron chi connectivity index (χ0n) is 7.46. The van der Waals surface area contributed by atoms with Gasteiger partial charge in [-0.1, -0.05) is 0 Å². The predicted molar refractivity (Wildman–Crippen MR) is 44.0 cm³/mol. The highest BCUT2D eigenvalue weighted by Gasteiger charge is 2.27. The van der Waals surface area contributed by atoms with Crippen LogP contribution in [0.2, 0.25) is 0 Å². The third-order valence-corrected chi connectivity index (χ3v) is 1.96. The topological polar surface area (TPSA) is 58.6 Å². The molecule has 0 amide bonds. The highest BCUT2D eigenvalue weighted by atomic mass is 16.5. The average molecular weight is 173 g/mol. The summed E-state index contributed by atoms with van der Waals surface area (Å²) in [6.07, 6.45) is 0. The summed E-state index contributed by atoms with van der Waals surface area (Å²) in [6, 6.07) is 0. The Morgan fingerprint density at radius 1 is 1.67 bits per heavy atom. The SMILES string of the molecule is CC1(C)COCC(C(=O)O)CN1. The number of carboxylic acids is 1. The van der Waals surface area contributed by atoms with Crippen LogP contribution < -0.4 is 5.32 Å². The molecule has 0 aromatic heterocycles. The first kappa shape index (κ1) is 9.48. The molecule has 12 heavy (non-hydrogen) atoms. The first-order chi connectivity index (χ1) is 5.51. The number of rotatable bonds is 1. The maximum atomic E-state index is 10.6. The zero-order valence-corrected chi connectivity index (χ0v) is 7.46. The van der Waals surface area contributed by atoms with Gasteiger partial charge in [-0.2, -0.15) is 0 Å². The van der Waals surface area contributed by atoms with Crippen molar-refractivity contribution >= 4 is 5.97 Å². The Kier molecular flexibility index (Phi) is 2.69. The van der Waals surface area contributed by atoms with Gasteiger partial charge in [0, 0.05) is 12.1 Å². The first-order valence-corrected chi connectivity index (χ1v) is 4.07. The van der Waals surface area contributed by atoms with E-state index in [1.54, 1.807) is 0 Å². The van der Waals surface area contributed by atoms with E-state index < -0.39 is 11.9 Å². The molecule has 0 aromatic rings. The van der Waals surface area contributed by atoms with Crippen LogP contribution in [0.1, 0.15) is 13.8 Å². The van der Waals surface area contributed by atoms with Gasteiger partial charge < -0.3 is 15.2 Å². The molecule has 70 valence electrons. The molecule has 4 nitrogen and oxygen atoms in total. The van der Waals surface area contributed by atoms with Gasteiger partial charge in [-0.15, -0.1) is 0 Å². The summed E-state index contributed by atoms with van der Waals surface area (Å²) in [5.74, 6) is -1.20. The lowest BCUT2D eigenvalue weighted by atomic mass is 10.1. The van der Waals surface area contributed by atoms with Crippen molar-refractivity contribution in [3.05, 3.63) is 0 Å². The van der Waals surface area contributed by atoms with Crippen LogP contribution in [0, 0.1) is 5.92 Å². The molecule has 4 heteroatoms. The highest BCUT2D eigenvalue weighted by Crippen LogP contribution is 2.10. The standard InChI is InChI=1S/C8H15NO3/c1-8(2)5-12-4-6(3-9-8)7(10)11/h6,9H,3-5H2,1-2H3,(H,10,11). The fourth-order valence-electron chi connectivity index (χ4n) is 1.12. The lowest BCUT2D eigenvalue weighted by Crippen LogP contribution is -2.43. The largest absolute Gasteiger partial charge is 0.481 e. The molecule has 1 heterocycles. The summed E-state index contributed by atoms with van der Waals surface area (Å²) >= 11 is 0. The van der Waals surface area contributed by atoms with Crippen molar-refractivity contribution in [3.63, 3.8) is 0 Å². The molecule has 2 N–H and O–H groups in total. The molecular formula is C8H15NO3. The molecule has 1 aliphatic rings. The Hall–Kier alpha value is -0.610. The second kappa shape index (κ2) is 3.41. The minimum absolute atomic E-state index is 0.107. The van der Waals surface area contributed by atoms with Crippen LogP contribution in [0.25, 0.3) is 0 Å². The molecule has 0 radical (unpaired) electrons. The van der Waals surface area contributed by atoms with Gasteiger partial charge in [0.25, 0.3) is 0 Å². The average Bonchev–Trinajstić information content (AvgIpc) is 2.10. The Morgan fingerprint density at radius 2 is 2.33 bits per heavy atom. The Labute approximate surface area is 71.9 Å². The van der Waals surface area contributed by atoms with Crippen molar-refractivity contribution in [2.75, 3.05) is 19.8 Å². The summed E-state index contributed by atoms with van der Waals surface area (Å²) in [5.41, 5.74) is -0.107. The van der Waals surface area contributed by atoms with Crippen LogP contribution in [0.3, 0.4) is 0 Å². The molecule has 1 rings (SSSR count). The molecule has 1 atom stereocenters. The van der Waals surface area contributed by atoms with Gasteiger partial charge in [-0.05, 0) is 13.8 Å². The third-order valence-electron chi connectivity index (χ3n) is 1.96. The van der Waals surface area contributed by atoms with Crippen molar-refractivity contribution in [3.8, 4) is 0 Å². The number of hydrogen-bond acceptors (Lipinski definition) is 3. The lowest BCUT2D eigenvalue weighted by molar-refractivity contribution is -0.143. The lowest BCUT2D eigenvalue weighted by Gasteiger charge is -2.22. The van der Waals surface area contributed by atoms with Gasteiger partial charge >= 0.3 is 5.97 Å². The second-order valence-electron chi connectivity index (χ2n) is 3.82. The van der Waals surface area contributed by atoms with E-state index in [9.17, 15) is 4.79 Å². The smallest absolute Gasteiger partial charge is 0.310 e. The van der Waals surface area contributed by atoms with Crippen LogP contribution in [-0.2, 0) is 9.53 Å². The van der Waals surface area contributed by atoms with Crippen LogP contribution >= 0.6 is 0 Å². The first-order valence-electron chi connectivity index (χ1n) is 4.07. The van der Waals surface area contributed by atoms with E-state index in [0.717, 1.165) is 0 Å². The van der Waals surface area contributed by atoms with Gasteiger partial charge in [0.2, 0.25) is 0 Å². The molecule has 1 aliphatic heterocycles. The van der Waals surface area contributed by atoms with Gasteiger partial charge in [0.15, 0.2) is 0 Å². The number of carboxylic acid groups (broad SMARTS) is 1. The fourth-order valence-corrected chi connectivity index (χ4v) is 1.12. The minimum Gasteiger partial charge on any atom is -0.481 e. The number of hydrogen-bond donors (Lipinski definition) is 2. The third kappa shape index (κ3) is 2.46. The number of carbonyl (C=O) groups is 1. The Balaban J connectivity index is 2.50. The van der Waals surface area contributed by atoms with Crippen LogP contribution in [0.15, 0.2) is 0 Å². The van der Waals surface area contributed by atoms with Crippen molar-refractivity contribution in [1.82, 2.24) is 5.32 Å². The maximum Gasteiger partial charge on any atom is 0.310 e. The number of ether oxygens (including phenoxy) is 1. The van der Waals surface area contributed by atoms with E-state index in [2.05, 4.69) is 5.32 Å². The molecule has 1 unspecified atom stereocenters. The fraction of sp³-hybridized carbons (Fsp3) is 0.875. The van der Waals surface area contributed by atoms with Gasteiger partial charge in [0.1, 0.15) is 0 Å². The van der Waals surface area contributed by atoms with Crippen LogP contribution in [0.5, 0.6) is 0 Å². The van der Waals surface area contributed by atoms with Crippen molar-refractivity contribution in [2.45, 2.75) is 19.4 Å². The Bertz CT molecular complexity index is 179. The normalized spacial score (nSPS) is 29.3. The van der Waals surface area contributed by atoms with E-state index >= 15 is 0 Å². The van der Waals surface area contributed by atoms with E-state index in [0.29, 0.717) is 19.8 Å². The molecule has 1 fully saturated rings. The van der Waals surface area contributed by atoms with E-state index in [-0.39, 0.29) is 5.54 Å². The molecule has 0 aromatic carbocycles. The summed E-state index contributed by atoms with van der Waals surface area (Å²) in [4.78, 5) is 10.6. The van der Waals surface area contributed by atoms with E-state index in [1.165, 1.54) is 0 Å². The summed E-state index contributed by atoms with van der Waals surface area (Å²) < 4.78 is 5.24. The summed E-state index contributed by atoms with van der Waals surface area (Å²) in [7, 11) is 0. The van der Waals surface area contributed by atoms with Gasteiger partial charge in [0.05, 0.1) is 19.1 Å². The Morgan fingerprint density at radius 3 is 2.92 bits per heavy atom. The molecule has 0 aliphatic carbocycles. The van der Waals surface area contributed by atoms with Crippen LogP contribution in [0.4, 0.5) is 0 Å². The minimum atomic E-state index is -0.791. The van der Waals surface area contributed by atoms with E-state index in [1.807, 2.05) is 13.8 Å². The molecular weight excluding hydrogens is 158 g/mol. The van der Waals surface area contributed by atoms with Crippen LogP contribution in [-0.4, -0.2) is 36.4 Å². The van der Waals surface area contributed by atoms with Gasteiger partial charge in [-0.3, -0.25) is 4.79 Å². The highest BCUT2D eigenvalue weighted by molar-refractivity contribution is 5.70. The zero-order chi connectivity index (χ0) is 9.19. The summed E-state index contributed by atoms with van der Waals surface area (Å²) in [6.45, 7) is 5.36. The van der Waals surface area contributed by atoms with Gasteiger partial charge in [-0.25, -0.2) is 0 Å². The second-order valence-corrected chi connectivity index (χ2v) is 3.82. The molecule has 0 bridgehead atoms. The maximum absolute atomic E-state index is 10.6. The quantitative estimate of drug-likeness (QED) is 0.590. The van der Waals surface area contributed by atoms with Crippen molar-refractivity contribution < 1.29 is 14.6 Å².